The SMILES string of the molecule is CCC(C(=O)NC(C)C)n1cnc2onc(-c3ccc(Cl)cc3)c2c1=O. The van der Waals surface area contributed by atoms with E-state index in [2.05, 4.69) is 15.5 Å². The fourth-order valence-electron chi connectivity index (χ4n) is 2.77. The number of nitrogens with zero attached hydrogens (tertiary/aromatic N) is 3. The molecule has 0 fully saturated rings. The molecule has 1 atom stereocenters. The Bertz CT molecular complexity index is 992. The molecular formula is C18H19ClN4O3. The maximum absolute atomic E-state index is 13.1. The number of aromatic nitrogens is 3. The van der Waals surface area contributed by atoms with Gasteiger partial charge in [-0.2, -0.15) is 0 Å². The lowest BCUT2D eigenvalue weighted by atomic mass is 10.1. The summed E-state index contributed by atoms with van der Waals surface area (Å²) in [6.07, 6.45) is 1.78. The first-order valence-electron chi connectivity index (χ1n) is 8.35. The zero-order valence-corrected chi connectivity index (χ0v) is 15.4. The van der Waals surface area contributed by atoms with Gasteiger partial charge in [-0.05, 0) is 32.4 Å². The van der Waals surface area contributed by atoms with Crippen LogP contribution in [0.3, 0.4) is 0 Å². The van der Waals surface area contributed by atoms with Crippen LogP contribution in [0.5, 0.6) is 0 Å². The fourth-order valence-corrected chi connectivity index (χ4v) is 2.90. The van der Waals surface area contributed by atoms with Crippen molar-refractivity contribution >= 4 is 28.6 Å². The molecule has 1 unspecified atom stereocenters. The monoisotopic (exact) mass is 374 g/mol. The quantitative estimate of drug-likeness (QED) is 0.740. The molecule has 136 valence electrons. The first-order valence-corrected chi connectivity index (χ1v) is 8.73. The molecule has 26 heavy (non-hydrogen) atoms. The lowest BCUT2D eigenvalue weighted by Crippen LogP contribution is -2.40. The number of benzene rings is 1. The van der Waals surface area contributed by atoms with Crippen LogP contribution in [0.1, 0.15) is 33.2 Å². The molecule has 2 aromatic heterocycles. The van der Waals surface area contributed by atoms with E-state index in [1.54, 1.807) is 24.3 Å². The fraction of sp³-hybridized carbons (Fsp3) is 0.333. The zero-order valence-electron chi connectivity index (χ0n) is 14.7. The van der Waals surface area contributed by atoms with Gasteiger partial charge in [0.2, 0.25) is 5.91 Å². The third-order valence-electron chi connectivity index (χ3n) is 4.00. The molecule has 1 N–H and O–H groups in total. The van der Waals surface area contributed by atoms with Gasteiger partial charge in [0, 0.05) is 16.6 Å². The van der Waals surface area contributed by atoms with E-state index in [0.29, 0.717) is 22.7 Å². The summed E-state index contributed by atoms with van der Waals surface area (Å²) in [5.41, 5.74) is 0.828. The predicted molar refractivity (Wildman–Crippen MR) is 99.1 cm³/mol. The standard InChI is InChI=1S/C18H19ClN4O3/c1-4-13(16(24)21-10(2)3)23-9-20-17-14(18(23)25)15(22-26-17)11-5-7-12(19)8-6-11/h5-10,13H,4H2,1-3H3,(H,21,24). The second-order valence-corrected chi connectivity index (χ2v) is 6.70. The van der Waals surface area contributed by atoms with Crippen molar-refractivity contribution in [2.75, 3.05) is 0 Å². The molecule has 2 heterocycles. The van der Waals surface area contributed by atoms with Crippen molar-refractivity contribution in [2.24, 2.45) is 0 Å². The van der Waals surface area contributed by atoms with Crippen LogP contribution in [0.4, 0.5) is 0 Å². The molecule has 1 aromatic carbocycles. The lowest BCUT2D eigenvalue weighted by Gasteiger charge is -2.18. The highest BCUT2D eigenvalue weighted by atomic mass is 35.5. The van der Waals surface area contributed by atoms with Crippen LogP contribution in [-0.2, 0) is 4.79 Å². The van der Waals surface area contributed by atoms with Crippen molar-refractivity contribution in [3.63, 3.8) is 0 Å². The van der Waals surface area contributed by atoms with Crippen LogP contribution < -0.4 is 10.9 Å². The minimum atomic E-state index is -0.658. The Hall–Kier alpha value is -2.67. The average Bonchev–Trinajstić information content (AvgIpc) is 3.02. The third kappa shape index (κ3) is 3.35. The Morgan fingerprint density at radius 1 is 1.31 bits per heavy atom. The van der Waals surface area contributed by atoms with E-state index >= 15 is 0 Å². The molecule has 0 spiro atoms. The van der Waals surface area contributed by atoms with Gasteiger partial charge in [0.15, 0.2) is 0 Å². The average molecular weight is 375 g/mol. The number of hydrogen-bond donors (Lipinski definition) is 1. The van der Waals surface area contributed by atoms with Gasteiger partial charge < -0.3 is 9.84 Å². The van der Waals surface area contributed by atoms with Gasteiger partial charge in [0.1, 0.15) is 23.4 Å². The maximum Gasteiger partial charge on any atom is 0.267 e. The minimum absolute atomic E-state index is 0.0239. The summed E-state index contributed by atoms with van der Waals surface area (Å²) in [5, 5.41) is 7.63. The largest absolute Gasteiger partial charge is 0.352 e. The van der Waals surface area contributed by atoms with Crippen molar-refractivity contribution in [3.8, 4) is 11.3 Å². The smallest absolute Gasteiger partial charge is 0.267 e. The Balaban J connectivity index is 2.13. The van der Waals surface area contributed by atoms with E-state index in [-0.39, 0.29) is 28.6 Å². The van der Waals surface area contributed by atoms with Crippen molar-refractivity contribution in [3.05, 3.63) is 46.0 Å². The van der Waals surface area contributed by atoms with Gasteiger partial charge >= 0.3 is 0 Å². The number of halogens is 1. The second-order valence-electron chi connectivity index (χ2n) is 6.26. The minimum Gasteiger partial charge on any atom is -0.352 e. The number of hydrogen-bond acceptors (Lipinski definition) is 5. The van der Waals surface area contributed by atoms with Crippen LogP contribution >= 0.6 is 11.6 Å². The second kappa shape index (κ2) is 7.29. The van der Waals surface area contributed by atoms with Crippen molar-refractivity contribution in [1.82, 2.24) is 20.0 Å². The van der Waals surface area contributed by atoms with Crippen LogP contribution in [0.2, 0.25) is 5.02 Å². The highest BCUT2D eigenvalue weighted by Crippen LogP contribution is 2.26. The summed E-state index contributed by atoms with van der Waals surface area (Å²) >= 11 is 5.92. The first-order chi connectivity index (χ1) is 12.4. The van der Waals surface area contributed by atoms with Gasteiger partial charge in [0.25, 0.3) is 11.3 Å². The van der Waals surface area contributed by atoms with Gasteiger partial charge in [-0.1, -0.05) is 35.8 Å². The Kier molecular flexibility index (Phi) is 5.08. The van der Waals surface area contributed by atoms with E-state index < -0.39 is 6.04 Å². The highest BCUT2D eigenvalue weighted by molar-refractivity contribution is 6.30. The van der Waals surface area contributed by atoms with E-state index in [1.165, 1.54) is 10.9 Å². The Morgan fingerprint density at radius 3 is 2.62 bits per heavy atom. The van der Waals surface area contributed by atoms with Crippen LogP contribution in [0.25, 0.3) is 22.4 Å². The third-order valence-corrected chi connectivity index (χ3v) is 4.25. The van der Waals surface area contributed by atoms with Gasteiger partial charge in [-0.25, -0.2) is 4.98 Å². The summed E-state index contributed by atoms with van der Waals surface area (Å²) in [6.45, 7) is 5.58. The summed E-state index contributed by atoms with van der Waals surface area (Å²) < 4.78 is 6.53. The number of carbonyl (C=O) groups excluding carboxylic acids is 1. The predicted octanol–water partition coefficient (Wildman–Crippen LogP) is 3.18. The number of fused-ring (bicyclic) bond motifs is 1. The van der Waals surface area contributed by atoms with Crippen LogP contribution in [-0.4, -0.2) is 26.7 Å². The summed E-state index contributed by atoms with van der Waals surface area (Å²) in [5.74, 6) is -0.227. The maximum atomic E-state index is 13.1. The molecule has 7 nitrogen and oxygen atoms in total. The first kappa shape index (κ1) is 18.1. The summed E-state index contributed by atoms with van der Waals surface area (Å²) in [4.78, 5) is 29.7. The molecule has 8 heteroatoms. The number of amides is 1. The molecule has 0 saturated carbocycles. The van der Waals surface area contributed by atoms with Crippen molar-refractivity contribution in [1.29, 1.82) is 0 Å². The molecule has 0 radical (unpaired) electrons. The zero-order chi connectivity index (χ0) is 18.8. The molecule has 3 rings (SSSR count). The Morgan fingerprint density at radius 2 is 2.00 bits per heavy atom. The molecule has 3 aromatic rings. The van der Waals surface area contributed by atoms with E-state index in [0.717, 1.165) is 0 Å². The molecule has 0 aliphatic rings. The van der Waals surface area contributed by atoms with Gasteiger partial charge in [-0.15, -0.1) is 0 Å². The molecule has 0 saturated heterocycles. The molecular weight excluding hydrogens is 356 g/mol. The van der Waals surface area contributed by atoms with Crippen molar-refractivity contribution < 1.29 is 9.32 Å². The van der Waals surface area contributed by atoms with Crippen LogP contribution in [0.15, 0.2) is 39.9 Å². The summed E-state index contributed by atoms with van der Waals surface area (Å²) in [6, 6.07) is 6.23. The van der Waals surface area contributed by atoms with Crippen molar-refractivity contribution in [2.45, 2.75) is 39.3 Å². The number of rotatable bonds is 5. The van der Waals surface area contributed by atoms with E-state index in [4.69, 9.17) is 16.1 Å². The van der Waals surface area contributed by atoms with E-state index in [1.807, 2.05) is 20.8 Å². The number of nitrogens with one attached hydrogen (secondary N) is 1. The molecule has 1 amide bonds. The Labute approximate surface area is 155 Å². The summed E-state index contributed by atoms with van der Waals surface area (Å²) in [7, 11) is 0. The van der Waals surface area contributed by atoms with Gasteiger partial charge in [-0.3, -0.25) is 14.2 Å². The topological polar surface area (TPSA) is 90.0 Å². The molecule has 0 aliphatic carbocycles. The molecule has 0 bridgehead atoms. The van der Waals surface area contributed by atoms with E-state index in [9.17, 15) is 9.59 Å². The molecule has 0 aliphatic heterocycles. The van der Waals surface area contributed by atoms with Crippen LogP contribution in [0, 0.1) is 0 Å². The highest BCUT2D eigenvalue weighted by Gasteiger charge is 2.24. The normalized spacial score (nSPS) is 12.5. The van der Waals surface area contributed by atoms with Gasteiger partial charge in [0.05, 0.1) is 0 Å². The lowest BCUT2D eigenvalue weighted by molar-refractivity contribution is -0.125. The number of carbonyl (C=O) groups is 1.